The smallest absolute Gasteiger partial charge is 0.321 e. The Balaban J connectivity index is 1.81. The quantitative estimate of drug-likeness (QED) is 0.555. The molecule has 0 amide bonds. The van der Waals surface area contributed by atoms with Crippen LogP contribution in [-0.2, 0) is 0 Å². The van der Waals surface area contributed by atoms with Crippen molar-refractivity contribution >= 4 is 29.2 Å². The number of nitrogens with zero attached hydrogens (tertiary/aromatic N) is 2. The van der Waals surface area contributed by atoms with Gasteiger partial charge in [-0.3, -0.25) is 0 Å². The van der Waals surface area contributed by atoms with Gasteiger partial charge in [-0.15, -0.1) is 0 Å². The molecule has 0 aliphatic rings. The van der Waals surface area contributed by atoms with E-state index in [4.69, 9.17) is 4.74 Å². The maximum atomic E-state index is 5.58. The van der Waals surface area contributed by atoms with Gasteiger partial charge < -0.3 is 9.72 Å². The molecular weight excluding hydrogens is 286 g/mol. The summed E-state index contributed by atoms with van der Waals surface area (Å²) < 4.78 is 5.58. The number of para-hydroxylation sites is 1. The third-order valence-electron chi connectivity index (χ3n) is 3.46. The molecule has 4 nitrogen and oxygen atoms in total. The number of allylic oxidation sites excluding steroid dienone is 1. The second kappa shape index (κ2) is 6.75. The van der Waals surface area contributed by atoms with E-state index in [1.165, 1.54) is 5.39 Å². The number of aromatic nitrogens is 1. The molecule has 1 heterocycles. The molecular formula is C19H17N3O. The zero-order chi connectivity index (χ0) is 16.1. The summed E-state index contributed by atoms with van der Waals surface area (Å²) in [5, 5.41) is 1.17. The molecule has 0 aliphatic heterocycles. The Labute approximate surface area is 134 Å². The first kappa shape index (κ1) is 14.8. The number of benzene rings is 2. The van der Waals surface area contributed by atoms with Crippen molar-refractivity contribution in [2.45, 2.75) is 6.92 Å². The third-order valence-corrected chi connectivity index (χ3v) is 3.46. The number of nitrogens with one attached hydrogen (secondary N) is 1. The fourth-order valence-electron chi connectivity index (χ4n) is 2.22. The van der Waals surface area contributed by atoms with Crippen molar-refractivity contribution in [3.63, 3.8) is 0 Å². The number of hydrogen-bond acceptors (Lipinski definition) is 2. The van der Waals surface area contributed by atoms with E-state index in [1.807, 2.05) is 49.5 Å². The van der Waals surface area contributed by atoms with Gasteiger partial charge in [0.1, 0.15) is 5.75 Å². The van der Waals surface area contributed by atoms with Gasteiger partial charge in [-0.25, -0.2) is 9.98 Å². The van der Waals surface area contributed by atoms with Crippen LogP contribution in [0, 0.1) is 0 Å². The van der Waals surface area contributed by atoms with Crippen LogP contribution in [-0.4, -0.2) is 17.7 Å². The van der Waals surface area contributed by atoms with Crippen LogP contribution in [0.4, 0.5) is 0 Å². The van der Waals surface area contributed by atoms with Gasteiger partial charge in [0.2, 0.25) is 0 Å². The molecule has 0 saturated heterocycles. The molecule has 0 spiro atoms. The minimum Gasteiger partial charge on any atom is -0.424 e. The number of aliphatic imine (C=N–C) groups is 2. The highest BCUT2D eigenvalue weighted by Crippen LogP contribution is 2.20. The van der Waals surface area contributed by atoms with Crippen molar-refractivity contribution in [3.8, 4) is 5.75 Å². The standard InChI is InChI=1S/C19H17N3O/c1-14(15-8-9-18-16(12-15)10-11-21-18)13-22-19(20-2)23-17-6-4-3-5-7-17/h3-13,21H,2H2,1H3/b14-13+,22-19+. The second-order valence-corrected chi connectivity index (χ2v) is 5.08. The molecule has 0 saturated carbocycles. The minimum atomic E-state index is 0.221. The van der Waals surface area contributed by atoms with E-state index in [0.29, 0.717) is 5.75 Å². The number of rotatable bonds is 3. The highest BCUT2D eigenvalue weighted by Gasteiger charge is 2.01. The van der Waals surface area contributed by atoms with Crippen LogP contribution in [0.1, 0.15) is 12.5 Å². The number of amidine groups is 1. The van der Waals surface area contributed by atoms with E-state index in [-0.39, 0.29) is 6.02 Å². The molecule has 0 fully saturated rings. The Morgan fingerprint density at radius 1 is 1.13 bits per heavy atom. The van der Waals surface area contributed by atoms with E-state index in [1.54, 1.807) is 6.20 Å². The fourth-order valence-corrected chi connectivity index (χ4v) is 2.22. The van der Waals surface area contributed by atoms with Crippen molar-refractivity contribution < 1.29 is 4.74 Å². The van der Waals surface area contributed by atoms with Crippen LogP contribution in [0.3, 0.4) is 0 Å². The Bertz CT molecular complexity index is 876. The first-order valence-electron chi connectivity index (χ1n) is 7.28. The van der Waals surface area contributed by atoms with Crippen molar-refractivity contribution in [1.82, 2.24) is 4.98 Å². The number of ether oxygens (including phenoxy) is 1. The molecule has 23 heavy (non-hydrogen) atoms. The number of hydrogen-bond donors (Lipinski definition) is 1. The van der Waals surface area contributed by atoms with E-state index in [0.717, 1.165) is 16.7 Å². The van der Waals surface area contributed by atoms with Crippen molar-refractivity contribution in [1.29, 1.82) is 0 Å². The van der Waals surface area contributed by atoms with E-state index in [9.17, 15) is 0 Å². The van der Waals surface area contributed by atoms with Crippen LogP contribution in [0.15, 0.2) is 77.0 Å². The molecule has 0 atom stereocenters. The maximum Gasteiger partial charge on any atom is 0.321 e. The summed E-state index contributed by atoms with van der Waals surface area (Å²) in [4.78, 5) is 11.3. The number of fused-ring (bicyclic) bond motifs is 1. The van der Waals surface area contributed by atoms with Crippen LogP contribution in [0.5, 0.6) is 5.75 Å². The zero-order valence-corrected chi connectivity index (χ0v) is 12.9. The predicted octanol–water partition coefficient (Wildman–Crippen LogP) is 4.66. The maximum absolute atomic E-state index is 5.58. The molecule has 0 unspecified atom stereocenters. The van der Waals surface area contributed by atoms with Crippen LogP contribution >= 0.6 is 0 Å². The van der Waals surface area contributed by atoms with Gasteiger partial charge in [0.25, 0.3) is 0 Å². The number of H-pyrrole nitrogens is 1. The molecule has 3 aromatic rings. The molecule has 2 aromatic carbocycles. The van der Waals surface area contributed by atoms with Crippen molar-refractivity contribution in [2.24, 2.45) is 9.98 Å². The van der Waals surface area contributed by atoms with Gasteiger partial charge in [0.05, 0.1) is 0 Å². The van der Waals surface area contributed by atoms with E-state index >= 15 is 0 Å². The molecule has 1 aromatic heterocycles. The molecule has 3 rings (SSSR count). The first-order chi connectivity index (χ1) is 11.3. The van der Waals surface area contributed by atoms with Gasteiger partial charge in [-0.2, -0.15) is 0 Å². The third kappa shape index (κ3) is 3.55. The SMILES string of the molecule is C=N/C(=N\C=C(/C)c1ccc2[nH]ccc2c1)Oc1ccccc1. The Hall–Kier alpha value is -3.14. The first-order valence-corrected chi connectivity index (χ1v) is 7.28. The fraction of sp³-hybridized carbons (Fsp3) is 0.0526. The second-order valence-electron chi connectivity index (χ2n) is 5.08. The largest absolute Gasteiger partial charge is 0.424 e. The molecule has 1 N–H and O–H groups in total. The average Bonchev–Trinajstić information content (AvgIpc) is 3.06. The predicted molar refractivity (Wildman–Crippen MR) is 96.0 cm³/mol. The summed E-state index contributed by atoms with van der Waals surface area (Å²) in [6, 6.07) is 17.9. The molecule has 0 radical (unpaired) electrons. The van der Waals surface area contributed by atoms with E-state index < -0.39 is 0 Å². The molecule has 114 valence electrons. The lowest BCUT2D eigenvalue weighted by Crippen LogP contribution is -2.03. The van der Waals surface area contributed by atoms with Gasteiger partial charge >= 0.3 is 6.02 Å². The minimum absolute atomic E-state index is 0.221. The molecule has 4 heteroatoms. The lowest BCUT2D eigenvalue weighted by Gasteiger charge is -2.04. The summed E-state index contributed by atoms with van der Waals surface area (Å²) in [6.07, 6.45) is 3.67. The van der Waals surface area contributed by atoms with Gasteiger partial charge in [0, 0.05) is 17.9 Å². The summed E-state index contributed by atoms with van der Waals surface area (Å²) >= 11 is 0. The summed E-state index contributed by atoms with van der Waals surface area (Å²) in [6.45, 7) is 5.50. The zero-order valence-electron chi connectivity index (χ0n) is 12.9. The van der Waals surface area contributed by atoms with Crippen LogP contribution in [0.25, 0.3) is 16.5 Å². The normalized spacial score (nSPS) is 12.4. The summed E-state index contributed by atoms with van der Waals surface area (Å²) in [7, 11) is 0. The monoisotopic (exact) mass is 303 g/mol. The average molecular weight is 303 g/mol. The highest BCUT2D eigenvalue weighted by atomic mass is 16.5. The Morgan fingerprint density at radius 2 is 1.96 bits per heavy atom. The summed E-state index contributed by atoms with van der Waals surface area (Å²) in [5.74, 6) is 0.679. The van der Waals surface area contributed by atoms with Gasteiger partial charge in [0.15, 0.2) is 0 Å². The highest BCUT2D eigenvalue weighted by molar-refractivity contribution is 5.85. The van der Waals surface area contributed by atoms with Crippen molar-refractivity contribution in [3.05, 3.63) is 72.6 Å². The topological polar surface area (TPSA) is 49.7 Å². The lowest BCUT2D eigenvalue weighted by molar-refractivity contribution is 0.543. The van der Waals surface area contributed by atoms with Gasteiger partial charge in [-0.1, -0.05) is 24.3 Å². The Morgan fingerprint density at radius 3 is 2.74 bits per heavy atom. The molecule has 0 aliphatic carbocycles. The lowest BCUT2D eigenvalue weighted by atomic mass is 10.1. The van der Waals surface area contributed by atoms with Crippen LogP contribution < -0.4 is 4.74 Å². The summed E-state index contributed by atoms with van der Waals surface area (Å²) in [5.41, 5.74) is 3.24. The van der Waals surface area contributed by atoms with E-state index in [2.05, 4.69) is 39.9 Å². The van der Waals surface area contributed by atoms with Crippen molar-refractivity contribution in [2.75, 3.05) is 0 Å². The molecule has 0 bridgehead atoms. The number of aromatic amines is 1. The Kier molecular flexibility index (Phi) is 4.34. The van der Waals surface area contributed by atoms with Gasteiger partial charge in [-0.05, 0) is 60.5 Å². The van der Waals surface area contributed by atoms with Crippen LogP contribution in [0.2, 0.25) is 0 Å².